The highest BCUT2D eigenvalue weighted by molar-refractivity contribution is 7.16. The third-order valence-corrected chi connectivity index (χ3v) is 4.58. The second-order valence-electron chi connectivity index (χ2n) is 5.24. The van der Waals surface area contributed by atoms with E-state index in [1.807, 2.05) is 45.4 Å². The minimum atomic E-state index is 0.891. The van der Waals surface area contributed by atoms with Gasteiger partial charge < -0.3 is 9.47 Å². The van der Waals surface area contributed by atoms with Crippen LogP contribution in [0.1, 0.15) is 5.56 Å². The maximum Gasteiger partial charge on any atom is 0.211 e. The Balaban J connectivity index is 1.87. The molecule has 0 aliphatic rings. The van der Waals surface area contributed by atoms with Crippen molar-refractivity contribution in [3.05, 3.63) is 58.9 Å². The molecule has 5 heteroatoms. The predicted molar refractivity (Wildman–Crippen MR) is 94.7 cm³/mol. The summed E-state index contributed by atoms with van der Waals surface area (Å²) < 4.78 is 3.28. The summed E-state index contributed by atoms with van der Waals surface area (Å²) >= 11 is 1.64. The molecule has 0 aliphatic carbocycles. The molecule has 1 heterocycles. The summed E-state index contributed by atoms with van der Waals surface area (Å²) in [5.74, 6) is 0. The summed E-state index contributed by atoms with van der Waals surface area (Å²) in [6.07, 6.45) is 1.78. The molecule has 112 valence electrons. The smallest absolute Gasteiger partial charge is 0.211 e. The van der Waals surface area contributed by atoms with E-state index in [9.17, 15) is 0 Å². The average Bonchev–Trinajstić information content (AvgIpc) is 2.85. The second-order valence-corrected chi connectivity index (χ2v) is 6.25. The van der Waals surface area contributed by atoms with Gasteiger partial charge in [-0.05, 0) is 29.8 Å². The van der Waals surface area contributed by atoms with Gasteiger partial charge in [0.1, 0.15) is 0 Å². The van der Waals surface area contributed by atoms with Crippen LogP contribution in [0.25, 0.3) is 10.2 Å². The number of aromatic nitrogens is 1. The molecule has 0 saturated heterocycles. The molecule has 3 rings (SSSR count). The molecular weight excluding hydrogens is 292 g/mol. The van der Waals surface area contributed by atoms with Crippen LogP contribution in [0, 0.1) is 0 Å². The van der Waals surface area contributed by atoms with E-state index in [1.54, 1.807) is 17.6 Å². The number of anilines is 1. The molecule has 0 atom stereocenters. The lowest BCUT2D eigenvalue weighted by atomic mass is 10.2. The largest absolute Gasteiger partial charge is 0.378 e. The standard InChI is InChI=1S/C17H18N4S/c1-20(2)14-10-8-13(9-11-14)12-18-19-17-21(3)15-6-4-5-7-16(15)22-17/h4-12H,1-3H3/b18-12+,19-17-. The molecule has 0 N–H and O–H groups in total. The predicted octanol–water partition coefficient (Wildman–Crippen LogP) is 3.24. The van der Waals surface area contributed by atoms with Crippen molar-refractivity contribution in [1.29, 1.82) is 0 Å². The average molecular weight is 310 g/mol. The molecule has 0 amide bonds. The van der Waals surface area contributed by atoms with Crippen molar-refractivity contribution in [2.75, 3.05) is 19.0 Å². The van der Waals surface area contributed by atoms with E-state index in [4.69, 9.17) is 0 Å². The first-order valence-electron chi connectivity index (χ1n) is 7.04. The Morgan fingerprint density at radius 1 is 1.05 bits per heavy atom. The number of benzene rings is 2. The van der Waals surface area contributed by atoms with Crippen molar-refractivity contribution in [1.82, 2.24) is 4.57 Å². The van der Waals surface area contributed by atoms with Crippen LogP contribution in [-0.2, 0) is 7.05 Å². The van der Waals surface area contributed by atoms with E-state index in [0.717, 1.165) is 10.4 Å². The van der Waals surface area contributed by atoms with Gasteiger partial charge in [-0.25, -0.2) is 0 Å². The summed E-state index contributed by atoms with van der Waals surface area (Å²) in [6, 6.07) is 16.5. The lowest BCUT2D eigenvalue weighted by molar-refractivity contribution is 0.889. The summed E-state index contributed by atoms with van der Waals surface area (Å²) in [6.45, 7) is 0. The van der Waals surface area contributed by atoms with E-state index < -0.39 is 0 Å². The lowest BCUT2D eigenvalue weighted by Gasteiger charge is -2.11. The van der Waals surface area contributed by atoms with Gasteiger partial charge in [0, 0.05) is 26.8 Å². The van der Waals surface area contributed by atoms with E-state index in [-0.39, 0.29) is 0 Å². The van der Waals surface area contributed by atoms with Crippen LogP contribution >= 0.6 is 11.3 Å². The quantitative estimate of drug-likeness (QED) is 0.540. The Morgan fingerprint density at radius 2 is 1.77 bits per heavy atom. The minimum Gasteiger partial charge on any atom is -0.378 e. The molecule has 0 aliphatic heterocycles. The third kappa shape index (κ3) is 2.94. The van der Waals surface area contributed by atoms with Crippen LogP contribution in [0.3, 0.4) is 0 Å². The first kappa shape index (κ1) is 14.5. The van der Waals surface area contributed by atoms with Crippen molar-refractivity contribution < 1.29 is 0 Å². The molecule has 22 heavy (non-hydrogen) atoms. The Bertz CT molecular complexity index is 870. The van der Waals surface area contributed by atoms with Crippen LogP contribution < -0.4 is 9.70 Å². The van der Waals surface area contributed by atoms with Crippen LogP contribution in [0.5, 0.6) is 0 Å². The zero-order valence-corrected chi connectivity index (χ0v) is 13.7. The van der Waals surface area contributed by atoms with Gasteiger partial charge in [0.25, 0.3) is 0 Å². The summed E-state index contributed by atoms with van der Waals surface area (Å²) in [5, 5.41) is 8.55. The maximum atomic E-state index is 4.34. The molecule has 3 aromatic rings. The van der Waals surface area contributed by atoms with E-state index in [0.29, 0.717) is 0 Å². The van der Waals surface area contributed by atoms with Gasteiger partial charge in [-0.1, -0.05) is 35.6 Å². The molecule has 0 saturated carbocycles. The molecule has 0 spiro atoms. The van der Waals surface area contributed by atoms with Gasteiger partial charge in [0.05, 0.1) is 16.4 Å². The number of hydrogen-bond acceptors (Lipinski definition) is 4. The van der Waals surface area contributed by atoms with E-state index in [1.165, 1.54) is 15.9 Å². The number of hydrogen-bond donors (Lipinski definition) is 0. The number of aryl methyl sites for hydroxylation is 1. The first-order chi connectivity index (χ1) is 10.6. The van der Waals surface area contributed by atoms with E-state index in [2.05, 4.69) is 43.9 Å². The van der Waals surface area contributed by atoms with Crippen molar-refractivity contribution >= 4 is 33.5 Å². The summed E-state index contributed by atoms with van der Waals surface area (Å²) in [4.78, 5) is 2.96. The van der Waals surface area contributed by atoms with Crippen molar-refractivity contribution in [2.24, 2.45) is 17.3 Å². The molecule has 1 aromatic heterocycles. The molecular formula is C17H18N4S. The SMILES string of the molecule is CN(C)c1ccc(/C=N/N=c2\sc3ccccc3n2C)cc1. The number of fused-ring (bicyclic) bond motifs is 1. The Morgan fingerprint density at radius 3 is 2.45 bits per heavy atom. The molecule has 4 nitrogen and oxygen atoms in total. The van der Waals surface area contributed by atoms with Crippen LogP contribution in [0.4, 0.5) is 5.69 Å². The molecule has 0 unspecified atom stereocenters. The summed E-state index contributed by atoms with van der Waals surface area (Å²) in [7, 11) is 6.07. The van der Waals surface area contributed by atoms with Gasteiger partial charge in [-0.15, -0.1) is 5.10 Å². The van der Waals surface area contributed by atoms with E-state index >= 15 is 0 Å². The Hall–Kier alpha value is -2.40. The highest BCUT2D eigenvalue weighted by Gasteiger charge is 2.00. The number of nitrogens with zero attached hydrogens (tertiary/aromatic N) is 4. The topological polar surface area (TPSA) is 32.9 Å². The van der Waals surface area contributed by atoms with Crippen LogP contribution in [0.15, 0.2) is 58.7 Å². The van der Waals surface area contributed by atoms with Gasteiger partial charge in [0.15, 0.2) is 0 Å². The Labute approximate surface area is 133 Å². The lowest BCUT2D eigenvalue weighted by Crippen LogP contribution is -2.09. The number of thiazole rings is 1. The van der Waals surface area contributed by atoms with Gasteiger partial charge >= 0.3 is 0 Å². The summed E-state index contributed by atoms with van der Waals surface area (Å²) in [5.41, 5.74) is 3.39. The zero-order valence-electron chi connectivity index (χ0n) is 12.9. The normalized spacial score (nSPS) is 12.4. The van der Waals surface area contributed by atoms with Crippen molar-refractivity contribution in [3.63, 3.8) is 0 Å². The fourth-order valence-corrected chi connectivity index (χ4v) is 3.16. The minimum absolute atomic E-state index is 0.891. The number of para-hydroxylation sites is 1. The van der Waals surface area contributed by atoms with Crippen molar-refractivity contribution in [2.45, 2.75) is 0 Å². The fourth-order valence-electron chi connectivity index (χ4n) is 2.18. The van der Waals surface area contributed by atoms with Crippen molar-refractivity contribution in [3.8, 4) is 0 Å². The van der Waals surface area contributed by atoms with Crippen LogP contribution in [0.2, 0.25) is 0 Å². The highest BCUT2D eigenvalue weighted by atomic mass is 32.1. The third-order valence-electron chi connectivity index (χ3n) is 3.47. The second kappa shape index (κ2) is 6.15. The zero-order chi connectivity index (χ0) is 15.5. The monoisotopic (exact) mass is 310 g/mol. The first-order valence-corrected chi connectivity index (χ1v) is 7.86. The molecule has 0 bridgehead atoms. The van der Waals surface area contributed by atoms with Gasteiger partial charge in [-0.2, -0.15) is 5.10 Å². The molecule has 2 aromatic carbocycles. The fraction of sp³-hybridized carbons (Fsp3) is 0.176. The van der Waals surface area contributed by atoms with Gasteiger partial charge in [0.2, 0.25) is 4.80 Å². The van der Waals surface area contributed by atoms with Crippen LogP contribution in [-0.4, -0.2) is 24.9 Å². The molecule has 0 radical (unpaired) electrons. The molecule has 0 fully saturated rings. The number of rotatable bonds is 3. The highest BCUT2D eigenvalue weighted by Crippen LogP contribution is 2.15. The Kier molecular flexibility index (Phi) is 4.06. The van der Waals surface area contributed by atoms with Gasteiger partial charge in [-0.3, -0.25) is 0 Å². The maximum absolute atomic E-state index is 4.34.